The van der Waals surface area contributed by atoms with Crippen LogP contribution in [0.3, 0.4) is 0 Å². The molecule has 0 saturated heterocycles. The van der Waals surface area contributed by atoms with Gasteiger partial charge >= 0.3 is 12.1 Å². The summed E-state index contributed by atoms with van der Waals surface area (Å²) in [6.07, 6.45) is -0.866. The third kappa shape index (κ3) is 6.21. The lowest BCUT2D eigenvalue weighted by molar-refractivity contribution is -0.192. The standard InChI is InChI=1S/C21H21N3O.C2HF3O2/c1-16(18-13-17-7-5-6-10-21(17)25-15-18)22-14-19-11-12-24(23-19)20-8-3-2-4-9-20;3-2(4,5)1(6)7/h2-13,16,22H,14-15H2,1H3;(H,6,7). The summed E-state index contributed by atoms with van der Waals surface area (Å²) in [5.41, 5.74) is 4.49. The van der Waals surface area contributed by atoms with Gasteiger partial charge in [0.2, 0.25) is 0 Å². The van der Waals surface area contributed by atoms with Crippen molar-refractivity contribution in [3.63, 3.8) is 0 Å². The topological polar surface area (TPSA) is 76.4 Å². The Morgan fingerprint density at radius 1 is 1.16 bits per heavy atom. The van der Waals surface area contributed by atoms with E-state index in [0.717, 1.165) is 29.2 Å². The Balaban J connectivity index is 0.000000360. The number of carbonyl (C=O) groups is 1. The van der Waals surface area contributed by atoms with Crippen LogP contribution < -0.4 is 10.1 Å². The van der Waals surface area contributed by atoms with E-state index in [9.17, 15) is 13.2 Å². The molecule has 6 nitrogen and oxygen atoms in total. The second-order valence-electron chi connectivity index (χ2n) is 7.04. The van der Waals surface area contributed by atoms with Crippen LogP contribution in [0.1, 0.15) is 18.2 Å². The summed E-state index contributed by atoms with van der Waals surface area (Å²) in [5.74, 6) is -1.80. The van der Waals surface area contributed by atoms with Crippen LogP contribution in [0.2, 0.25) is 0 Å². The number of alkyl halides is 3. The molecule has 1 unspecified atom stereocenters. The number of aromatic nitrogens is 2. The zero-order valence-corrected chi connectivity index (χ0v) is 17.2. The molecule has 2 N–H and O–H groups in total. The fourth-order valence-corrected chi connectivity index (χ4v) is 2.95. The number of carboxylic acid groups (broad SMARTS) is 1. The average Bonchev–Trinajstić information content (AvgIpc) is 3.26. The zero-order valence-electron chi connectivity index (χ0n) is 17.2. The van der Waals surface area contributed by atoms with E-state index in [1.54, 1.807) is 0 Å². The molecule has 9 heteroatoms. The molecule has 0 amide bonds. The van der Waals surface area contributed by atoms with Crippen molar-refractivity contribution in [2.24, 2.45) is 0 Å². The molecule has 0 spiro atoms. The molecule has 0 aliphatic carbocycles. The third-order valence-electron chi connectivity index (χ3n) is 4.71. The SMILES string of the molecule is CC(NCc1ccn(-c2ccccc2)n1)C1=Cc2ccccc2OC1.O=C(O)C(F)(F)F. The molecule has 1 aliphatic heterocycles. The van der Waals surface area contributed by atoms with Crippen molar-refractivity contribution in [3.05, 3.63) is 83.7 Å². The lowest BCUT2D eigenvalue weighted by Gasteiger charge is -2.23. The molecule has 0 fully saturated rings. The van der Waals surface area contributed by atoms with Gasteiger partial charge < -0.3 is 15.2 Å². The molecule has 32 heavy (non-hydrogen) atoms. The largest absolute Gasteiger partial charge is 0.490 e. The fourth-order valence-electron chi connectivity index (χ4n) is 2.95. The number of rotatable bonds is 5. The van der Waals surface area contributed by atoms with Crippen molar-refractivity contribution in [2.45, 2.75) is 25.7 Å². The summed E-state index contributed by atoms with van der Waals surface area (Å²) in [5, 5.41) is 15.3. The first-order chi connectivity index (χ1) is 15.2. The minimum Gasteiger partial charge on any atom is -0.489 e. The number of para-hydroxylation sites is 2. The molecule has 0 saturated carbocycles. The highest BCUT2D eigenvalue weighted by Gasteiger charge is 2.38. The summed E-state index contributed by atoms with van der Waals surface area (Å²) in [4.78, 5) is 8.90. The number of fused-ring (bicyclic) bond motifs is 1. The number of carboxylic acids is 1. The lowest BCUT2D eigenvalue weighted by Crippen LogP contribution is -2.31. The van der Waals surface area contributed by atoms with Gasteiger partial charge in [0.15, 0.2) is 0 Å². The Labute approximate surface area is 182 Å². The summed E-state index contributed by atoms with van der Waals surface area (Å²) < 4.78 is 39.5. The first kappa shape index (κ1) is 23.1. The van der Waals surface area contributed by atoms with Crippen LogP contribution in [0.25, 0.3) is 11.8 Å². The van der Waals surface area contributed by atoms with Gasteiger partial charge in [-0.2, -0.15) is 18.3 Å². The normalized spacial score (nSPS) is 13.7. The highest BCUT2D eigenvalue weighted by Crippen LogP contribution is 2.26. The maximum absolute atomic E-state index is 10.6. The molecule has 0 bridgehead atoms. The van der Waals surface area contributed by atoms with Gasteiger partial charge in [0.1, 0.15) is 12.4 Å². The molecule has 0 radical (unpaired) electrons. The lowest BCUT2D eigenvalue weighted by atomic mass is 10.0. The van der Waals surface area contributed by atoms with Gasteiger partial charge in [0.05, 0.1) is 11.4 Å². The van der Waals surface area contributed by atoms with Crippen LogP contribution in [0.4, 0.5) is 13.2 Å². The van der Waals surface area contributed by atoms with Gasteiger partial charge in [0.25, 0.3) is 0 Å². The number of hydrogen-bond acceptors (Lipinski definition) is 4. The van der Waals surface area contributed by atoms with E-state index in [1.807, 2.05) is 53.3 Å². The second-order valence-corrected chi connectivity index (χ2v) is 7.04. The van der Waals surface area contributed by atoms with Gasteiger partial charge in [-0.05, 0) is 42.8 Å². The Hall–Kier alpha value is -3.59. The van der Waals surface area contributed by atoms with Crippen molar-refractivity contribution >= 4 is 12.0 Å². The quantitative estimate of drug-likeness (QED) is 0.607. The predicted molar refractivity (Wildman–Crippen MR) is 113 cm³/mol. The van der Waals surface area contributed by atoms with E-state index in [-0.39, 0.29) is 6.04 Å². The number of nitrogens with one attached hydrogen (secondary N) is 1. The summed E-state index contributed by atoms with van der Waals surface area (Å²) in [7, 11) is 0. The molecule has 1 atom stereocenters. The summed E-state index contributed by atoms with van der Waals surface area (Å²) >= 11 is 0. The van der Waals surface area contributed by atoms with Crippen molar-refractivity contribution in [2.75, 3.05) is 6.61 Å². The van der Waals surface area contributed by atoms with Gasteiger partial charge in [-0.3, -0.25) is 0 Å². The molecule has 2 heterocycles. The van der Waals surface area contributed by atoms with E-state index < -0.39 is 12.1 Å². The first-order valence-electron chi connectivity index (χ1n) is 9.80. The van der Waals surface area contributed by atoms with Crippen molar-refractivity contribution < 1.29 is 27.8 Å². The highest BCUT2D eigenvalue weighted by atomic mass is 19.4. The van der Waals surface area contributed by atoms with Crippen LogP contribution in [0, 0.1) is 0 Å². The van der Waals surface area contributed by atoms with E-state index in [0.29, 0.717) is 6.61 Å². The van der Waals surface area contributed by atoms with Crippen LogP contribution in [0.15, 0.2) is 72.4 Å². The first-order valence-corrected chi connectivity index (χ1v) is 9.80. The smallest absolute Gasteiger partial charge is 0.489 e. The van der Waals surface area contributed by atoms with Crippen molar-refractivity contribution in [1.82, 2.24) is 15.1 Å². The van der Waals surface area contributed by atoms with Crippen molar-refractivity contribution in [1.29, 1.82) is 0 Å². The average molecular weight is 445 g/mol. The van der Waals surface area contributed by atoms with E-state index in [1.165, 1.54) is 5.57 Å². The Morgan fingerprint density at radius 2 is 1.81 bits per heavy atom. The monoisotopic (exact) mass is 445 g/mol. The van der Waals surface area contributed by atoms with E-state index in [4.69, 9.17) is 14.6 Å². The molecule has 3 aromatic rings. The van der Waals surface area contributed by atoms with Gasteiger partial charge in [-0.25, -0.2) is 9.48 Å². The van der Waals surface area contributed by atoms with Crippen LogP contribution in [-0.2, 0) is 11.3 Å². The number of aliphatic carboxylic acids is 1. The molecule has 2 aromatic carbocycles. The molecule has 168 valence electrons. The third-order valence-corrected chi connectivity index (χ3v) is 4.71. The number of halogens is 3. The highest BCUT2D eigenvalue weighted by molar-refractivity contribution is 5.73. The number of nitrogens with zero attached hydrogens (tertiary/aromatic N) is 2. The van der Waals surface area contributed by atoms with E-state index in [2.05, 4.69) is 41.6 Å². The second kappa shape index (κ2) is 10.1. The minimum atomic E-state index is -5.08. The van der Waals surface area contributed by atoms with Gasteiger partial charge in [0, 0.05) is 24.3 Å². The predicted octanol–water partition coefficient (Wildman–Crippen LogP) is 4.46. The minimum absolute atomic E-state index is 0.232. The Morgan fingerprint density at radius 3 is 2.50 bits per heavy atom. The maximum Gasteiger partial charge on any atom is 0.490 e. The molecule has 4 rings (SSSR count). The fraction of sp³-hybridized carbons (Fsp3) is 0.217. The Bertz CT molecular complexity index is 1080. The van der Waals surface area contributed by atoms with E-state index >= 15 is 0 Å². The molecular formula is C23H22F3N3O3. The summed E-state index contributed by atoms with van der Waals surface area (Å²) in [6, 6.07) is 20.6. The number of hydrogen-bond donors (Lipinski definition) is 2. The molecule has 1 aliphatic rings. The van der Waals surface area contributed by atoms with Crippen LogP contribution >= 0.6 is 0 Å². The van der Waals surface area contributed by atoms with Gasteiger partial charge in [-0.15, -0.1) is 0 Å². The number of benzene rings is 2. The number of ether oxygens (including phenoxy) is 1. The van der Waals surface area contributed by atoms with Crippen molar-refractivity contribution in [3.8, 4) is 11.4 Å². The van der Waals surface area contributed by atoms with Crippen LogP contribution in [0.5, 0.6) is 5.75 Å². The maximum atomic E-state index is 10.6. The van der Waals surface area contributed by atoms with Crippen LogP contribution in [-0.4, -0.2) is 39.7 Å². The molecular weight excluding hydrogens is 423 g/mol. The molecule has 1 aromatic heterocycles. The zero-order chi connectivity index (χ0) is 23.1. The Kier molecular flexibility index (Phi) is 7.32. The summed E-state index contributed by atoms with van der Waals surface area (Å²) in [6.45, 7) is 3.51. The van der Waals surface area contributed by atoms with Gasteiger partial charge in [-0.1, -0.05) is 36.4 Å².